The molecule has 0 bridgehead atoms. The van der Waals surface area contributed by atoms with Gasteiger partial charge in [-0.25, -0.2) is 0 Å². The summed E-state index contributed by atoms with van der Waals surface area (Å²) in [5.74, 6) is 0.121. The minimum Gasteiger partial charge on any atom is -0.416 e. The van der Waals surface area contributed by atoms with Gasteiger partial charge < -0.3 is 4.18 Å². The average molecular weight is 325 g/mol. The van der Waals surface area contributed by atoms with E-state index in [2.05, 4.69) is 10.1 Å². The number of aromatic nitrogens is 3. The van der Waals surface area contributed by atoms with E-state index in [9.17, 15) is 13.2 Å². The monoisotopic (exact) mass is 325 g/mol. The smallest absolute Gasteiger partial charge is 0.416 e. The molecule has 8 heteroatoms. The summed E-state index contributed by atoms with van der Waals surface area (Å²) in [6.45, 7) is 0. The third-order valence-electron chi connectivity index (χ3n) is 2.97. The molecule has 2 aromatic heterocycles. The Labute approximate surface area is 128 Å². The molecule has 0 radical (unpaired) electrons. The van der Waals surface area contributed by atoms with Crippen molar-refractivity contribution >= 4 is 22.9 Å². The van der Waals surface area contributed by atoms with Gasteiger partial charge in [-0.3, -0.25) is 9.67 Å². The molecule has 4 nitrogen and oxygen atoms in total. The van der Waals surface area contributed by atoms with Gasteiger partial charge in [0.25, 0.3) is 0 Å². The second kappa shape index (κ2) is 5.53. The second-order valence-electron chi connectivity index (χ2n) is 4.52. The van der Waals surface area contributed by atoms with Gasteiger partial charge in [-0.2, -0.15) is 18.3 Å². The van der Waals surface area contributed by atoms with Crippen molar-refractivity contribution in [2.24, 2.45) is 7.05 Å². The predicted molar refractivity (Wildman–Crippen MR) is 78.2 cm³/mol. The number of hydrogen-bond donors (Lipinski definition) is 0. The Kier molecular flexibility index (Phi) is 3.69. The molecule has 1 aromatic carbocycles. The van der Waals surface area contributed by atoms with Crippen molar-refractivity contribution in [3.05, 3.63) is 42.9 Å². The first-order valence-corrected chi connectivity index (χ1v) is 6.97. The molecule has 0 saturated heterocycles. The van der Waals surface area contributed by atoms with E-state index < -0.39 is 17.6 Å². The number of nitrogens with zero attached hydrogens (tertiary/aromatic N) is 3. The molecular formula is C14H10F3N3OS. The molecule has 0 saturated carbocycles. The number of aryl methyl sites for hydroxylation is 1. The SMILES string of the molecule is Cn1cc(-c2c(OSC(F)(F)F)ccc3ncccc23)cn1. The van der Waals surface area contributed by atoms with Gasteiger partial charge >= 0.3 is 5.51 Å². The zero-order valence-corrected chi connectivity index (χ0v) is 12.1. The lowest BCUT2D eigenvalue weighted by atomic mass is 10.0. The van der Waals surface area contributed by atoms with E-state index in [1.165, 1.54) is 6.07 Å². The van der Waals surface area contributed by atoms with Gasteiger partial charge in [0.15, 0.2) is 12.0 Å². The van der Waals surface area contributed by atoms with Crippen molar-refractivity contribution in [1.82, 2.24) is 14.8 Å². The maximum atomic E-state index is 12.4. The van der Waals surface area contributed by atoms with Gasteiger partial charge in [-0.05, 0) is 18.2 Å². The van der Waals surface area contributed by atoms with Crippen LogP contribution >= 0.6 is 12.0 Å². The molecule has 0 amide bonds. The average Bonchev–Trinajstić information content (AvgIpc) is 2.89. The van der Waals surface area contributed by atoms with Gasteiger partial charge in [-0.1, -0.05) is 6.07 Å². The molecule has 2 heterocycles. The van der Waals surface area contributed by atoms with E-state index in [1.807, 2.05) is 0 Å². The molecule has 0 fully saturated rings. The largest absolute Gasteiger partial charge is 0.479 e. The summed E-state index contributed by atoms with van der Waals surface area (Å²) in [4.78, 5) is 4.21. The number of benzene rings is 1. The fraction of sp³-hybridized carbons (Fsp3) is 0.143. The van der Waals surface area contributed by atoms with E-state index in [-0.39, 0.29) is 5.75 Å². The minimum absolute atomic E-state index is 0.121. The highest BCUT2D eigenvalue weighted by Crippen LogP contribution is 2.40. The van der Waals surface area contributed by atoms with Gasteiger partial charge in [-0.15, -0.1) is 0 Å². The van der Waals surface area contributed by atoms with Gasteiger partial charge in [0.1, 0.15) is 5.75 Å². The van der Waals surface area contributed by atoms with Crippen LogP contribution in [0, 0.1) is 0 Å². The zero-order chi connectivity index (χ0) is 15.7. The molecule has 0 aliphatic carbocycles. The van der Waals surface area contributed by atoms with E-state index in [0.717, 1.165) is 0 Å². The van der Waals surface area contributed by atoms with E-state index in [0.29, 0.717) is 22.0 Å². The van der Waals surface area contributed by atoms with Crippen LogP contribution in [0.15, 0.2) is 42.9 Å². The quantitative estimate of drug-likeness (QED) is 0.677. The van der Waals surface area contributed by atoms with E-state index in [1.54, 1.807) is 48.5 Å². The topological polar surface area (TPSA) is 39.9 Å². The Hall–Kier alpha value is -2.22. The molecule has 0 aliphatic heterocycles. The van der Waals surface area contributed by atoms with Crippen LogP contribution < -0.4 is 4.18 Å². The van der Waals surface area contributed by atoms with Crippen LogP contribution in [0.1, 0.15) is 0 Å². The molecule has 0 N–H and O–H groups in total. The Balaban J connectivity index is 2.15. The maximum Gasteiger partial charge on any atom is 0.479 e. The molecule has 3 aromatic rings. The van der Waals surface area contributed by atoms with Crippen molar-refractivity contribution in [3.8, 4) is 16.9 Å². The molecule has 0 aliphatic rings. The highest BCUT2D eigenvalue weighted by atomic mass is 32.2. The molecule has 0 unspecified atom stereocenters. The summed E-state index contributed by atoms with van der Waals surface area (Å²) >= 11 is -0.537. The molecule has 114 valence electrons. The summed E-state index contributed by atoms with van der Waals surface area (Å²) in [5, 5.41) is 4.77. The summed E-state index contributed by atoms with van der Waals surface area (Å²) < 4.78 is 43.7. The Bertz CT molecular complexity index is 816. The maximum absolute atomic E-state index is 12.4. The molecule has 3 rings (SSSR count). The van der Waals surface area contributed by atoms with Crippen LogP contribution in [0.25, 0.3) is 22.0 Å². The van der Waals surface area contributed by atoms with E-state index >= 15 is 0 Å². The lowest BCUT2D eigenvalue weighted by Crippen LogP contribution is -2.03. The van der Waals surface area contributed by atoms with Crippen LogP contribution in [0.4, 0.5) is 13.2 Å². The lowest BCUT2D eigenvalue weighted by molar-refractivity contribution is -0.0369. The molecule has 0 spiro atoms. The van der Waals surface area contributed by atoms with Crippen molar-refractivity contribution < 1.29 is 17.4 Å². The van der Waals surface area contributed by atoms with Crippen molar-refractivity contribution in [1.29, 1.82) is 0 Å². The summed E-state index contributed by atoms with van der Waals surface area (Å²) in [5.41, 5.74) is -2.60. The Morgan fingerprint density at radius 2 is 2.05 bits per heavy atom. The number of pyridine rings is 1. The Morgan fingerprint density at radius 3 is 2.73 bits per heavy atom. The van der Waals surface area contributed by atoms with Gasteiger partial charge in [0, 0.05) is 36.0 Å². The fourth-order valence-corrected chi connectivity index (χ4v) is 2.47. The van der Waals surface area contributed by atoms with E-state index in [4.69, 9.17) is 4.18 Å². The summed E-state index contributed by atoms with van der Waals surface area (Å²) in [6.07, 6.45) is 4.92. The number of fused-ring (bicyclic) bond motifs is 1. The second-order valence-corrected chi connectivity index (χ2v) is 5.32. The van der Waals surface area contributed by atoms with Gasteiger partial charge in [0.05, 0.1) is 11.7 Å². The molecule has 22 heavy (non-hydrogen) atoms. The number of rotatable bonds is 3. The fourth-order valence-electron chi connectivity index (χ4n) is 2.14. The van der Waals surface area contributed by atoms with Crippen molar-refractivity contribution in [3.63, 3.8) is 0 Å². The third-order valence-corrected chi connectivity index (χ3v) is 3.42. The normalized spacial score (nSPS) is 11.8. The van der Waals surface area contributed by atoms with Crippen molar-refractivity contribution in [2.45, 2.75) is 5.51 Å². The highest BCUT2D eigenvalue weighted by molar-refractivity contribution is 7.95. The minimum atomic E-state index is -4.48. The standard InChI is InChI=1S/C14H10F3N3OS/c1-20-8-9(7-19-20)13-10-3-2-6-18-11(10)4-5-12(13)21-22-14(15,16)17/h2-8H,1H3. The summed E-state index contributed by atoms with van der Waals surface area (Å²) in [6, 6.07) is 6.62. The van der Waals surface area contributed by atoms with Gasteiger partial charge in [0.2, 0.25) is 0 Å². The zero-order valence-electron chi connectivity index (χ0n) is 11.3. The first-order chi connectivity index (χ1) is 10.4. The first kappa shape index (κ1) is 14.7. The van der Waals surface area contributed by atoms with Crippen LogP contribution in [-0.4, -0.2) is 20.3 Å². The van der Waals surface area contributed by atoms with Crippen LogP contribution in [0.3, 0.4) is 0 Å². The lowest BCUT2D eigenvalue weighted by Gasteiger charge is -2.12. The Morgan fingerprint density at radius 1 is 1.23 bits per heavy atom. The number of alkyl halides is 3. The summed E-state index contributed by atoms with van der Waals surface area (Å²) in [7, 11) is 1.73. The third kappa shape index (κ3) is 3.01. The number of halogens is 3. The molecular weight excluding hydrogens is 315 g/mol. The first-order valence-electron chi connectivity index (χ1n) is 6.23. The van der Waals surface area contributed by atoms with Crippen LogP contribution in [0.5, 0.6) is 5.75 Å². The molecule has 0 atom stereocenters. The van der Waals surface area contributed by atoms with Crippen molar-refractivity contribution in [2.75, 3.05) is 0 Å². The van der Waals surface area contributed by atoms with Crippen LogP contribution in [0.2, 0.25) is 0 Å². The van der Waals surface area contributed by atoms with Crippen LogP contribution in [-0.2, 0) is 7.05 Å². The number of hydrogen-bond acceptors (Lipinski definition) is 4. The highest BCUT2D eigenvalue weighted by Gasteiger charge is 2.32. The predicted octanol–water partition coefficient (Wildman–Crippen LogP) is 4.18.